The van der Waals surface area contributed by atoms with Crippen LogP contribution in [0.5, 0.6) is 0 Å². The van der Waals surface area contributed by atoms with Crippen LogP contribution in [0.25, 0.3) is 10.9 Å². The number of hydrogen-bond acceptors (Lipinski definition) is 7. The quantitative estimate of drug-likeness (QED) is 0.685. The molecule has 2 amide bonds. The average Bonchev–Trinajstić information content (AvgIpc) is 2.73. The van der Waals surface area contributed by atoms with Gasteiger partial charge in [0.15, 0.2) is 0 Å². The molecule has 1 aromatic carbocycles. The van der Waals surface area contributed by atoms with Crippen LogP contribution in [0.1, 0.15) is 20.7 Å². The number of nitrogens with zero attached hydrogens (tertiary/aromatic N) is 5. The van der Waals surface area contributed by atoms with Crippen molar-refractivity contribution in [1.29, 1.82) is 0 Å². The molecular weight excluding hydrogens is 358 g/mol. The number of benzene rings is 1. The van der Waals surface area contributed by atoms with Crippen LogP contribution in [0.2, 0.25) is 0 Å². The van der Waals surface area contributed by atoms with Crippen molar-refractivity contribution >= 4 is 34.4 Å². The van der Waals surface area contributed by atoms with E-state index in [-0.39, 0.29) is 5.91 Å². The zero-order valence-electron chi connectivity index (χ0n) is 15.1. The molecule has 1 fully saturated rings. The van der Waals surface area contributed by atoms with E-state index in [4.69, 9.17) is 11.5 Å². The van der Waals surface area contributed by atoms with Gasteiger partial charge in [-0.15, -0.1) is 0 Å². The number of primary amides is 1. The number of carbonyl (C=O) groups is 2. The van der Waals surface area contributed by atoms with Gasteiger partial charge in [0, 0.05) is 43.3 Å². The summed E-state index contributed by atoms with van der Waals surface area (Å²) in [6.45, 7) is 2.44. The van der Waals surface area contributed by atoms with Gasteiger partial charge in [0.25, 0.3) is 5.91 Å². The van der Waals surface area contributed by atoms with Gasteiger partial charge in [-0.25, -0.2) is 15.0 Å². The number of hydrogen-bond donors (Lipinski definition) is 2. The predicted molar refractivity (Wildman–Crippen MR) is 105 cm³/mol. The van der Waals surface area contributed by atoms with Crippen LogP contribution >= 0.6 is 0 Å². The molecule has 4 rings (SSSR count). The topological polar surface area (TPSA) is 131 Å². The molecule has 0 atom stereocenters. The van der Waals surface area contributed by atoms with E-state index in [9.17, 15) is 9.59 Å². The molecule has 3 heterocycles. The fourth-order valence-corrected chi connectivity index (χ4v) is 3.25. The Kier molecular flexibility index (Phi) is 4.48. The number of fused-ring (bicyclic) bond motifs is 1. The number of nitrogens with two attached hydrogens (primary N) is 2. The van der Waals surface area contributed by atoms with Crippen LogP contribution in [0.4, 0.5) is 11.6 Å². The molecule has 0 bridgehead atoms. The molecule has 4 N–H and O–H groups in total. The lowest BCUT2D eigenvalue weighted by atomic mass is 10.1. The molecule has 0 unspecified atom stereocenters. The Balaban J connectivity index is 1.44. The first-order valence-electron chi connectivity index (χ1n) is 8.83. The van der Waals surface area contributed by atoms with Gasteiger partial charge in [-0.3, -0.25) is 9.59 Å². The lowest BCUT2D eigenvalue weighted by Crippen LogP contribution is -2.49. The molecule has 0 aliphatic carbocycles. The molecular formula is C19H19N7O2. The van der Waals surface area contributed by atoms with Gasteiger partial charge in [-0.05, 0) is 30.3 Å². The third-order valence-corrected chi connectivity index (χ3v) is 4.84. The fourth-order valence-electron chi connectivity index (χ4n) is 3.25. The second-order valence-electron chi connectivity index (χ2n) is 6.54. The number of piperazine rings is 1. The number of amides is 2. The number of carbonyl (C=O) groups excluding carboxylic acids is 2. The minimum Gasteiger partial charge on any atom is -0.383 e. The Bertz CT molecular complexity index is 1040. The molecule has 0 spiro atoms. The summed E-state index contributed by atoms with van der Waals surface area (Å²) in [5.74, 6) is 0.607. The highest BCUT2D eigenvalue weighted by molar-refractivity contribution is 5.99. The van der Waals surface area contributed by atoms with E-state index in [1.54, 1.807) is 35.2 Å². The van der Waals surface area contributed by atoms with Crippen molar-refractivity contribution in [1.82, 2.24) is 19.9 Å². The molecule has 142 valence electrons. The lowest BCUT2D eigenvalue weighted by Gasteiger charge is -2.35. The minimum absolute atomic E-state index is 0.0456. The molecule has 9 nitrogen and oxygen atoms in total. The van der Waals surface area contributed by atoms with Gasteiger partial charge < -0.3 is 21.3 Å². The molecule has 9 heteroatoms. The van der Waals surface area contributed by atoms with Gasteiger partial charge in [-0.1, -0.05) is 0 Å². The van der Waals surface area contributed by atoms with E-state index in [1.807, 2.05) is 0 Å². The summed E-state index contributed by atoms with van der Waals surface area (Å²) in [5.41, 5.74) is 12.7. The van der Waals surface area contributed by atoms with Gasteiger partial charge >= 0.3 is 0 Å². The van der Waals surface area contributed by atoms with Gasteiger partial charge in [-0.2, -0.15) is 0 Å². The van der Waals surface area contributed by atoms with E-state index >= 15 is 0 Å². The van der Waals surface area contributed by atoms with Crippen LogP contribution in [0.3, 0.4) is 0 Å². The largest absolute Gasteiger partial charge is 0.383 e. The lowest BCUT2D eigenvalue weighted by molar-refractivity contribution is 0.0746. The smallest absolute Gasteiger partial charge is 0.254 e. The van der Waals surface area contributed by atoms with E-state index in [2.05, 4.69) is 19.9 Å². The monoisotopic (exact) mass is 377 g/mol. The predicted octanol–water partition coefficient (Wildman–Crippen LogP) is 0.668. The molecule has 1 aliphatic heterocycles. The third kappa shape index (κ3) is 3.29. The van der Waals surface area contributed by atoms with Crippen LogP contribution in [0.15, 0.2) is 42.9 Å². The van der Waals surface area contributed by atoms with Crippen molar-refractivity contribution in [2.45, 2.75) is 0 Å². The summed E-state index contributed by atoms with van der Waals surface area (Å²) in [5, 5.41) is 0.731. The Morgan fingerprint density at radius 3 is 2.36 bits per heavy atom. The van der Waals surface area contributed by atoms with Crippen molar-refractivity contribution in [2.75, 3.05) is 36.8 Å². The summed E-state index contributed by atoms with van der Waals surface area (Å²) in [7, 11) is 0. The van der Waals surface area contributed by atoms with E-state index in [0.29, 0.717) is 48.6 Å². The van der Waals surface area contributed by atoms with Crippen LogP contribution < -0.4 is 16.4 Å². The molecule has 0 radical (unpaired) electrons. The molecule has 0 saturated carbocycles. The number of nitrogen functional groups attached to an aromatic ring is 1. The van der Waals surface area contributed by atoms with Crippen molar-refractivity contribution in [2.24, 2.45) is 5.73 Å². The fraction of sp³-hybridized carbons (Fsp3) is 0.211. The first kappa shape index (κ1) is 17.7. The second-order valence-corrected chi connectivity index (χ2v) is 6.54. The van der Waals surface area contributed by atoms with E-state index in [1.165, 1.54) is 12.5 Å². The molecule has 28 heavy (non-hydrogen) atoms. The van der Waals surface area contributed by atoms with Crippen molar-refractivity contribution in [3.8, 4) is 0 Å². The Hall–Kier alpha value is -3.75. The Labute approximate surface area is 161 Å². The summed E-state index contributed by atoms with van der Waals surface area (Å²) < 4.78 is 0. The first-order valence-corrected chi connectivity index (χ1v) is 8.83. The highest BCUT2D eigenvalue weighted by atomic mass is 16.2. The number of rotatable bonds is 3. The molecule has 2 aromatic heterocycles. The van der Waals surface area contributed by atoms with E-state index < -0.39 is 5.91 Å². The maximum Gasteiger partial charge on any atom is 0.254 e. The standard InChI is InChI=1S/C19H19N7O2/c20-17-14-3-1-12(9-15(14)23-11-24-17)19(28)26-7-5-25(6-8-26)16-4-2-13(10-22-16)18(21)27/h1-4,9-11H,5-8H2,(H2,21,27)(H2,20,23,24). The maximum atomic E-state index is 12.9. The zero-order chi connectivity index (χ0) is 19.7. The highest BCUT2D eigenvalue weighted by Gasteiger charge is 2.23. The number of anilines is 2. The van der Waals surface area contributed by atoms with Crippen molar-refractivity contribution in [3.63, 3.8) is 0 Å². The normalized spacial score (nSPS) is 14.3. The number of pyridine rings is 1. The summed E-state index contributed by atoms with van der Waals surface area (Å²) in [4.78, 5) is 40.3. The molecule has 3 aromatic rings. The zero-order valence-corrected chi connectivity index (χ0v) is 15.1. The SMILES string of the molecule is NC(=O)c1ccc(N2CCN(C(=O)c3ccc4c(N)ncnc4c3)CC2)nc1. The maximum absolute atomic E-state index is 12.9. The molecule has 1 saturated heterocycles. The van der Waals surface area contributed by atoms with Gasteiger partial charge in [0.1, 0.15) is 18.0 Å². The second kappa shape index (κ2) is 7.10. The third-order valence-electron chi connectivity index (χ3n) is 4.84. The Morgan fingerprint density at radius 2 is 1.68 bits per heavy atom. The summed E-state index contributed by atoms with van der Waals surface area (Å²) in [6.07, 6.45) is 2.86. The van der Waals surface area contributed by atoms with E-state index in [0.717, 1.165) is 11.2 Å². The summed E-state index contributed by atoms with van der Waals surface area (Å²) >= 11 is 0. The number of aromatic nitrogens is 3. The highest BCUT2D eigenvalue weighted by Crippen LogP contribution is 2.20. The molecule has 1 aliphatic rings. The van der Waals surface area contributed by atoms with Crippen molar-refractivity contribution < 1.29 is 9.59 Å². The van der Waals surface area contributed by atoms with Gasteiger partial charge in [0.05, 0.1) is 11.1 Å². The van der Waals surface area contributed by atoms with Crippen LogP contribution in [0, 0.1) is 0 Å². The first-order chi connectivity index (χ1) is 13.5. The minimum atomic E-state index is -0.503. The van der Waals surface area contributed by atoms with Gasteiger partial charge in [0.2, 0.25) is 5.91 Å². The Morgan fingerprint density at radius 1 is 0.929 bits per heavy atom. The average molecular weight is 377 g/mol. The van der Waals surface area contributed by atoms with Crippen LogP contribution in [-0.2, 0) is 0 Å². The summed E-state index contributed by atoms with van der Waals surface area (Å²) in [6, 6.07) is 8.70. The van der Waals surface area contributed by atoms with Crippen LogP contribution in [-0.4, -0.2) is 57.8 Å². The van der Waals surface area contributed by atoms with Crippen molar-refractivity contribution in [3.05, 3.63) is 54.0 Å².